The normalized spacial score (nSPS) is 18.6. The minimum Gasteiger partial charge on any atom is -0.381 e. The second kappa shape index (κ2) is 5.60. The maximum Gasteiger partial charge on any atom is 0.232 e. The molecule has 1 saturated heterocycles. The van der Waals surface area contributed by atoms with Gasteiger partial charge in [0.2, 0.25) is 5.91 Å². The standard InChI is InChI=1S/C9H16BrNO2/c1-11(9(12)6-10)7-8-2-4-13-5-3-8/h8H,2-7H2,1H3. The van der Waals surface area contributed by atoms with E-state index in [1.54, 1.807) is 4.90 Å². The van der Waals surface area contributed by atoms with Gasteiger partial charge in [0.25, 0.3) is 0 Å². The van der Waals surface area contributed by atoms with Gasteiger partial charge in [-0.2, -0.15) is 0 Å². The summed E-state index contributed by atoms with van der Waals surface area (Å²) in [7, 11) is 1.86. The van der Waals surface area contributed by atoms with Gasteiger partial charge in [-0.1, -0.05) is 15.9 Å². The van der Waals surface area contributed by atoms with Crippen molar-refractivity contribution in [3.05, 3.63) is 0 Å². The molecule has 0 bridgehead atoms. The quantitative estimate of drug-likeness (QED) is 0.706. The van der Waals surface area contributed by atoms with Gasteiger partial charge in [-0.25, -0.2) is 0 Å². The van der Waals surface area contributed by atoms with Crippen LogP contribution in [0.5, 0.6) is 0 Å². The molecule has 1 rings (SSSR count). The molecule has 0 radical (unpaired) electrons. The van der Waals surface area contributed by atoms with Crippen LogP contribution in [0.4, 0.5) is 0 Å². The van der Waals surface area contributed by atoms with Crippen LogP contribution in [-0.2, 0) is 9.53 Å². The smallest absolute Gasteiger partial charge is 0.232 e. The van der Waals surface area contributed by atoms with Crippen molar-refractivity contribution in [3.8, 4) is 0 Å². The van der Waals surface area contributed by atoms with Crippen molar-refractivity contribution in [1.82, 2.24) is 4.90 Å². The van der Waals surface area contributed by atoms with Crippen molar-refractivity contribution in [3.63, 3.8) is 0 Å². The SMILES string of the molecule is CN(CC1CCOCC1)C(=O)CBr. The Morgan fingerprint density at radius 3 is 2.69 bits per heavy atom. The average Bonchev–Trinajstić information content (AvgIpc) is 2.18. The van der Waals surface area contributed by atoms with E-state index in [1.807, 2.05) is 7.05 Å². The molecule has 0 aliphatic carbocycles. The van der Waals surface area contributed by atoms with Crippen LogP contribution in [-0.4, -0.2) is 42.9 Å². The summed E-state index contributed by atoms with van der Waals surface area (Å²) in [6.07, 6.45) is 2.17. The lowest BCUT2D eigenvalue weighted by Gasteiger charge is -2.26. The second-order valence-electron chi connectivity index (χ2n) is 3.46. The summed E-state index contributed by atoms with van der Waals surface area (Å²) in [6.45, 7) is 2.57. The van der Waals surface area contributed by atoms with Crippen LogP contribution < -0.4 is 0 Å². The number of hydrogen-bond donors (Lipinski definition) is 0. The van der Waals surface area contributed by atoms with Crippen LogP contribution in [0, 0.1) is 5.92 Å². The van der Waals surface area contributed by atoms with E-state index in [9.17, 15) is 4.79 Å². The van der Waals surface area contributed by atoms with E-state index in [0.717, 1.165) is 32.6 Å². The van der Waals surface area contributed by atoms with E-state index in [1.165, 1.54) is 0 Å². The Morgan fingerprint density at radius 2 is 2.15 bits per heavy atom. The highest BCUT2D eigenvalue weighted by molar-refractivity contribution is 9.09. The molecule has 0 atom stereocenters. The largest absolute Gasteiger partial charge is 0.381 e. The zero-order valence-corrected chi connectivity index (χ0v) is 9.55. The molecule has 0 N–H and O–H groups in total. The molecule has 0 aromatic rings. The number of nitrogens with zero attached hydrogens (tertiary/aromatic N) is 1. The number of carbonyl (C=O) groups excluding carboxylic acids is 1. The van der Waals surface area contributed by atoms with Gasteiger partial charge in [-0.15, -0.1) is 0 Å². The molecule has 0 saturated carbocycles. The fourth-order valence-electron chi connectivity index (χ4n) is 1.52. The topological polar surface area (TPSA) is 29.5 Å². The third-order valence-electron chi connectivity index (χ3n) is 2.41. The predicted octanol–water partition coefficient (Wildman–Crippen LogP) is 1.27. The van der Waals surface area contributed by atoms with Gasteiger partial charge < -0.3 is 9.64 Å². The number of halogens is 1. The van der Waals surface area contributed by atoms with Crippen LogP contribution >= 0.6 is 15.9 Å². The Hall–Kier alpha value is -0.0900. The molecular formula is C9H16BrNO2. The maximum absolute atomic E-state index is 11.2. The molecule has 1 aliphatic heterocycles. The third kappa shape index (κ3) is 3.65. The van der Waals surface area contributed by atoms with Gasteiger partial charge in [-0.3, -0.25) is 4.79 Å². The molecule has 0 aromatic carbocycles. The minimum absolute atomic E-state index is 0.159. The molecule has 3 nitrogen and oxygen atoms in total. The monoisotopic (exact) mass is 249 g/mol. The fraction of sp³-hybridized carbons (Fsp3) is 0.889. The Morgan fingerprint density at radius 1 is 1.54 bits per heavy atom. The van der Waals surface area contributed by atoms with Crippen molar-refractivity contribution in [2.24, 2.45) is 5.92 Å². The highest BCUT2D eigenvalue weighted by atomic mass is 79.9. The number of amides is 1. The maximum atomic E-state index is 11.2. The summed E-state index contributed by atoms with van der Waals surface area (Å²) in [4.78, 5) is 13.0. The van der Waals surface area contributed by atoms with Crippen molar-refractivity contribution in [1.29, 1.82) is 0 Å². The molecule has 76 valence electrons. The summed E-state index contributed by atoms with van der Waals surface area (Å²) in [5, 5.41) is 0.423. The highest BCUT2D eigenvalue weighted by Gasteiger charge is 2.17. The first-order valence-corrected chi connectivity index (χ1v) is 5.74. The zero-order chi connectivity index (χ0) is 9.68. The Labute approximate surface area is 87.6 Å². The molecule has 1 heterocycles. The Kier molecular flexibility index (Phi) is 4.73. The predicted molar refractivity (Wildman–Crippen MR) is 55.0 cm³/mol. The number of alkyl halides is 1. The molecule has 1 aliphatic rings. The molecule has 1 amide bonds. The molecule has 0 aromatic heterocycles. The zero-order valence-electron chi connectivity index (χ0n) is 7.96. The van der Waals surface area contributed by atoms with Crippen LogP contribution in [0.25, 0.3) is 0 Å². The molecular weight excluding hydrogens is 234 g/mol. The van der Waals surface area contributed by atoms with Crippen molar-refractivity contribution in [2.75, 3.05) is 32.1 Å². The van der Waals surface area contributed by atoms with E-state index in [4.69, 9.17) is 4.74 Å². The van der Waals surface area contributed by atoms with Crippen LogP contribution in [0.3, 0.4) is 0 Å². The summed E-state index contributed by atoms with van der Waals surface area (Å²) in [5.41, 5.74) is 0. The number of rotatable bonds is 3. The van der Waals surface area contributed by atoms with Gasteiger partial charge in [-0.05, 0) is 18.8 Å². The lowest BCUT2D eigenvalue weighted by atomic mass is 10.00. The molecule has 1 fully saturated rings. The summed E-state index contributed by atoms with van der Waals surface area (Å²) >= 11 is 3.16. The summed E-state index contributed by atoms with van der Waals surface area (Å²) in [6, 6.07) is 0. The van der Waals surface area contributed by atoms with E-state index < -0.39 is 0 Å². The highest BCUT2D eigenvalue weighted by Crippen LogP contribution is 2.15. The lowest BCUT2D eigenvalue weighted by molar-refractivity contribution is -0.127. The van der Waals surface area contributed by atoms with E-state index in [0.29, 0.717) is 11.2 Å². The van der Waals surface area contributed by atoms with Gasteiger partial charge in [0.1, 0.15) is 0 Å². The van der Waals surface area contributed by atoms with Crippen LogP contribution in [0.15, 0.2) is 0 Å². The molecule has 0 unspecified atom stereocenters. The number of ether oxygens (including phenoxy) is 1. The first-order chi connectivity index (χ1) is 6.24. The number of carbonyl (C=O) groups is 1. The van der Waals surface area contributed by atoms with Gasteiger partial charge in [0.15, 0.2) is 0 Å². The molecule has 4 heteroatoms. The third-order valence-corrected chi connectivity index (χ3v) is 2.89. The van der Waals surface area contributed by atoms with E-state index in [2.05, 4.69) is 15.9 Å². The minimum atomic E-state index is 0.159. The van der Waals surface area contributed by atoms with Gasteiger partial charge in [0.05, 0.1) is 5.33 Å². The first kappa shape index (κ1) is 11.0. The van der Waals surface area contributed by atoms with Crippen LogP contribution in [0.2, 0.25) is 0 Å². The first-order valence-electron chi connectivity index (χ1n) is 4.61. The Balaban J connectivity index is 2.25. The van der Waals surface area contributed by atoms with Crippen molar-refractivity contribution in [2.45, 2.75) is 12.8 Å². The fourth-order valence-corrected chi connectivity index (χ4v) is 1.95. The average molecular weight is 250 g/mol. The molecule has 0 spiro atoms. The summed E-state index contributed by atoms with van der Waals surface area (Å²) in [5.74, 6) is 0.785. The number of hydrogen-bond acceptors (Lipinski definition) is 2. The van der Waals surface area contributed by atoms with Crippen LogP contribution in [0.1, 0.15) is 12.8 Å². The van der Waals surface area contributed by atoms with Gasteiger partial charge >= 0.3 is 0 Å². The van der Waals surface area contributed by atoms with E-state index in [-0.39, 0.29) is 5.91 Å². The lowest BCUT2D eigenvalue weighted by Crippen LogP contribution is -2.34. The van der Waals surface area contributed by atoms with E-state index >= 15 is 0 Å². The molecule has 13 heavy (non-hydrogen) atoms. The second-order valence-corrected chi connectivity index (χ2v) is 4.02. The van der Waals surface area contributed by atoms with Crippen molar-refractivity contribution < 1.29 is 9.53 Å². The summed E-state index contributed by atoms with van der Waals surface area (Å²) < 4.78 is 5.26. The van der Waals surface area contributed by atoms with Crippen molar-refractivity contribution >= 4 is 21.8 Å². The Bertz CT molecular complexity index is 169. The van der Waals surface area contributed by atoms with Gasteiger partial charge in [0, 0.05) is 26.8 Å².